The molecule has 1 N–H and O–H groups in total. The van der Waals surface area contributed by atoms with E-state index in [-0.39, 0.29) is 0 Å². The number of nitrogens with one attached hydrogen (secondary N) is 1. The van der Waals surface area contributed by atoms with Gasteiger partial charge in [-0.25, -0.2) is 0 Å². The van der Waals surface area contributed by atoms with Gasteiger partial charge in [-0.3, -0.25) is 4.79 Å². The zero-order valence-electron chi connectivity index (χ0n) is 12.2. The van der Waals surface area contributed by atoms with Crippen LogP contribution in [0.2, 0.25) is 0 Å². The number of nitrogens with zero attached hydrogens (tertiary/aromatic N) is 2. The average molecular weight is 283 g/mol. The lowest BCUT2D eigenvalue weighted by molar-refractivity contribution is -0.133. The normalized spacial score (nSPS) is 19.3. The molecule has 1 aromatic rings. The molecule has 0 radical (unpaired) electrons. The third kappa shape index (κ3) is 3.62. The van der Waals surface area contributed by atoms with Crippen molar-refractivity contribution in [1.82, 2.24) is 10.2 Å². The Morgan fingerprint density at radius 3 is 2.71 bits per heavy atom. The number of likely N-dealkylation sites (tertiary alicyclic amines) is 1. The molecule has 110 valence electrons. The van der Waals surface area contributed by atoms with Crippen LogP contribution < -0.4 is 5.32 Å². The van der Waals surface area contributed by atoms with E-state index in [9.17, 15) is 4.79 Å². The monoisotopic (exact) mass is 283 g/mol. The molecule has 0 atom stereocenters. The van der Waals surface area contributed by atoms with E-state index in [0.29, 0.717) is 23.4 Å². The van der Waals surface area contributed by atoms with Crippen LogP contribution in [-0.2, 0) is 11.3 Å². The van der Waals surface area contributed by atoms with Gasteiger partial charge >= 0.3 is 0 Å². The number of carbonyl (C=O) groups excluding carboxylic acids is 1. The van der Waals surface area contributed by atoms with Gasteiger partial charge in [0.2, 0.25) is 5.91 Å². The van der Waals surface area contributed by atoms with E-state index in [1.54, 1.807) is 0 Å². The molecular formula is C17H21N3O. The van der Waals surface area contributed by atoms with Crippen LogP contribution in [0.5, 0.6) is 0 Å². The molecule has 0 bridgehead atoms. The first-order valence-electron chi connectivity index (χ1n) is 7.77. The minimum absolute atomic E-state index is 0.336. The molecule has 1 amide bonds. The van der Waals surface area contributed by atoms with E-state index in [1.807, 2.05) is 29.2 Å². The maximum Gasteiger partial charge on any atom is 0.225 e. The number of piperidine rings is 1. The summed E-state index contributed by atoms with van der Waals surface area (Å²) in [5, 5.41) is 12.4. The van der Waals surface area contributed by atoms with Crippen LogP contribution in [0.25, 0.3) is 0 Å². The van der Waals surface area contributed by atoms with Crippen molar-refractivity contribution in [3.05, 3.63) is 35.4 Å². The van der Waals surface area contributed by atoms with E-state index < -0.39 is 0 Å². The fraction of sp³-hybridized carbons (Fsp3) is 0.529. The van der Waals surface area contributed by atoms with Gasteiger partial charge in [-0.1, -0.05) is 12.1 Å². The Hall–Kier alpha value is -1.86. The Bertz CT molecular complexity index is 551. The first-order valence-corrected chi connectivity index (χ1v) is 7.77. The summed E-state index contributed by atoms with van der Waals surface area (Å²) in [6.45, 7) is 2.55. The molecule has 2 fully saturated rings. The molecule has 0 spiro atoms. The van der Waals surface area contributed by atoms with E-state index >= 15 is 0 Å². The van der Waals surface area contributed by atoms with Gasteiger partial charge in [-0.2, -0.15) is 5.26 Å². The summed E-state index contributed by atoms with van der Waals surface area (Å²) >= 11 is 0. The van der Waals surface area contributed by atoms with E-state index in [1.165, 1.54) is 0 Å². The second-order valence-corrected chi connectivity index (χ2v) is 6.07. The summed E-state index contributed by atoms with van der Waals surface area (Å²) in [4.78, 5) is 14.0. The van der Waals surface area contributed by atoms with Gasteiger partial charge in [0.15, 0.2) is 0 Å². The largest absolute Gasteiger partial charge is 0.342 e. The third-order valence-corrected chi connectivity index (χ3v) is 4.38. The molecule has 1 saturated carbocycles. The van der Waals surface area contributed by atoms with Crippen molar-refractivity contribution in [3.8, 4) is 6.07 Å². The zero-order valence-corrected chi connectivity index (χ0v) is 12.2. The van der Waals surface area contributed by atoms with Crippen molar-refractivity contribution in [3.63, 3.8) is 0 Å². The summed E-state index contributed by atoms with van der Waals surface area (Å²) in [5.74, 6) is 0.707. The lowest BCUT2D eigenvalue weighted by Gasteiger charge is -2.32. The quantitative estimate of drug-likeness (QED) is 0.920. The minimum Gasteiger partial charge on any atom is -0.342 e. The molecule has 1 saturated heterocycles. The van der Waals surface area contributed by atoms with Crippen LogP contribution in [0, 0.1) is 17.2 Å². The van der Waals surface area contributed by atoms with Crippen LogP contribution in [0.3, 0.4) is 0 Å². The van der Waals surface area contributed by atoms with Crippen LogP contribution in [0.1, 0.15) is 36.8 Å². The lowest BCUT2D eigenvalue weighted by Crippen LogP contribution is -2.45. The van der Waals surface area contributed by atoms with Crippen LogP contribution >= 0.6 is 0 Å². The van der Waals surface area contributed by atoms with Gasteiger partial charge in [-0.15, -0.1) is 0 Å². The van der Waals surface area contributed by atoms with Crippen molar-refractivity contribution in [2.45, 2.75) is 38.3 Å². The predicted octanol–water partition coefficient (Wildman–Crippen LogP) is 2.05. The Labute approximate surface area is 125 Å². The van der Waals surface area contributed by atoms with E-state index in [2.05, 4.69) is 11.4 Å². The number of hydrogen-bond donors (Lipinski definition) is 1. The zero-order chi connectivity index (χ0) is 14.7. The Morgan fingerprint density at radius 2 is 2.05 bits per heavy atom. The topological polar surface area (TPSA) is 56.1 Å². The maximum atomic E-state index is 12.0. The van der Waals surface area contributed by atoms with Crippen LogP contribution in [0.4, 0.5) is 0 Å². The molecule has 4 heteroatoms. The second-order valence-electron chi connectivity index (χ2n) is 6.07. The van der Waals surface area contributed by atoms with E-state index in [0.717, 1.165) is 50.9 Å². The predicted molar refractivity (Wildman–Crippen MR) is 80.3 cm³/mol. The Balaban J connectivity index is 1.45. The lowest BCUT2D eigenvalue weighted by atomic mass is 10.0. The molecule has 21 heavy (non-hydrogen) atoms. The number of benzene rings is 1. The van der Waals surface area contributed by atoms with Gasteiger partial charge in [0.1, 0.15) is 0 Å². The first kappa shape index (κ1) is 14.1. The van der Waals surface area contributed by atoms with Gasteiger partial charge in [0.25, 0.3) is 0 Å². The summed E-state index contributed by atoms with van der Waals surface area (Å²) < 4.78 is 0. The maximum absolute atomic E-state index is 12.0. The van der Waals surface area contributed by atoms with Crippen LogP contribution in [0.15, 0.2) is 24.3 Å². The number of carbonyl (C=O) groups is 1. The van der Waals surface area contributed by atoms with E-state index in [4.69, 9.17) is 5.26 Å². The average Bonchev–Trinajstić information content (AvgIpc) is 3.38. The fourth-order valence-corrected chi connectivity index (χ4v) is 2.91. The summed E-state index contributed by atoms with van der Waals surface area (Å²) in [7, 11) is 0. The second kappa shape index (κ2) is 6.28. The van der Waals surface area contributed by atoms with Crippen molar-refractivity contribution in [1.29, 1.82) is 5.26 Å². The highest BCUT2D eigenvalue weighted by molar-refractivity contribution is 5.81. The number of nitriles is 1. The molecule has 3 rings (SSSR count). The molecule has 2 aliphatic rings. The molecule has 1 aromatic carbocycles. The summed E-state index contributed by atoms with van der Waals surface area (Å²) in [5.41, 5.74) is 1.85. The smallest absolute Gasteiger partial charge is 0.225 e. The van der Waals surface area contributed by atoms with Crippen molar-refractivity contribution in [2.75, 3.05) is 13.1 Å². The van der Waals surface area contributed by atoms with Crippen molar-refractivity contribution >= 4 is 5.91 Å². The van der Waals surface area contributed by atoms with Gasteiger partial charge < -0.3 is 10.2 Å². The molecular weight excluding hydrogens is 262 g/mol. The molecule has 0 aromatic heterocycles. The molecule has 0 unspecified atom stereocenters. The summed E-state index contributed by atoms with van der Waals surface area (Å²) in [6.07, 6.45) is 4.23. The van der Waals surface area contributed by atoms with Crippen molar-refractivity contribution in [2.24, 2.45) is 5.92 Å². The Kier molecular flexibility index (Phi) is 4.21. The van der Waals surface area contributed by atoms with Crippen LogP contribution in [-0.4, -0.2) is 29.9 Å². The molecule has 4 nitrogen and oxygen atoms in total. The third-order valence-electron chi connectivity index (χ3n) is 4.38. The summed E-state index contributed by atoms with van der Waals surface area (Å²) in [6, 6.07) is 10.4. The highest BCUT2D eigenvalue weighted by atomic mass is 16.2. The number of rotatable bonds is 4. The SMILES string of the molecule is N#Cc1cccc(CNC2CCN(C(=O)C3CC3)CC2)c1. The Morgan fingerprint density at radius 1 is 1.29 bits per heavy atom. The number of hydrogen-bond acceptors (Lipinski definition) is 3. The number of amides is 1. The standard InChI is InChI=1S/C17H21N3O/c18-11-13-2-1-3-14(10-13)12-19-16-6-8-20(9-7-16)17(21)15-4-5-15/h1-3,10,15-16,19H,4-9,12H2. The highest BCUT2D eigenvalue weighted by Gasteiger charge is 2.34. The highest BCUT2D eigenvalue weighted by Crippen LogP contribution is 2.31. The fourth-order valence-electron chi connectivity index (χ4n) is 2.91. The molecule has 1 heterocycles. The molecule has 1 aliphatic carbocycles. The minimum atomic E-state index is 0.336. The van der Waals surface area contributed by atoms with Gasteiger partial charge in [0, 0.05) is 31.6 Å². The van der Waals surface area contributed by atoms with Crippen molar-refractivity contribution < 1.29 is 4.79 Å². The van der Waals surface area contributed by atoms with Gasteiger partial charge in [0.05, 0.1) is 11.6 Å². The first-order chi connectivity index (χ1) is 10.3. The molecule has 1 aliphatic heterocycles. The van der Waals surface area contributed by atoms with Gasteiger partial charge in [-0.05, 0) is 43.4 Å².